The molecule has 174 valence electrons. The maximum atomic E-state index is 13.3. The lowest BCUT2D eigenvalue weighted by Crippen LogP contribution is -2.49. The fourth-order valence-corrected chi connectivity index (χ4v) is 2.93. The van der Waals surface area contributed by atoms with Gasteiger partial charge >= 0.3 is 18.3 Å². The predicted octanol–water partition coefficient (Wildman–Crippen LogP) is 2.90. The number of aliphatic hydroxyl groups is 1. The van der Waals surface area contributed by atoms with Gasteiger partial charge in [0, 0.05) is 6.04 Å². The molecule has 2 rings (SSSR count). The molecule has 0 unspecified atom stereocenters. The molecule has 32 heavy (non-hydrogen) atoms. The summed E-state index contributed by atoms with van der Waals surface area (Å²) in [5.74, 6) is -3.52. The van der Waals surface area contributed by atoms with Crippen molar-refractivity contribution >= 4 is 11.9 Å². The van der Waals surface area contributed by atoms with E-state index in [1.165, 1.54) is 0 Å². The molecule has 0 fully saturated rings. The van der Waals surface area contributed by atoms with Crippen LogP contribution >= 0.6 is 0 Å². The number of carbonyl (C=O) groups is 2. The lowest BCUT2D eigenvalue weighted by atomic mass is 9.96. The van der Waals surface area contributed by atoms with Crippen LogP contribution < -0.4 is 11.1 Å². The minimum absolute atomic E-state index is 0.00182. The number of nitrogens with two attached hydrogens (primary N) is 1. The second kappa shape index (κ2) is 9.57. The van der Waals surface area contributed by atoms with E-state index in [4.69, 9.17) is 5.73 Å². The van der Waals surface area contributed by atoms with Gasteiger partial charge in [-0.3, -0.25) is 4.79 Å². The maximum Gasteiger partial charge on any atom is 0.416 e. The first-order valence-corrected chi connectivity index (χ1v) is 9.01. The molecule has 0 saturated heterocycles. The minimum atomic E-state index is -5.21. The molecule has 6 nitrogen and oxygen atoms in total. The topological polar surface area (TPSA) is 113 Å². The van der Waals surface area contributed by atoms with Gasteiger partial charge in [0.15, 0.2) is 6.04 Å². The van der Waals surface area contributed by atoms with Crippen molar-refractivity contribution in [2.45, 2.75) is 37.0 Å². The standard InChI is InChI=1S/C20H18F6N2O4/c21-19(22,23)11-6-7-13(20(24,25)26)12(9-11)15(18(31)32)28-17(30)16(29)14(27)8-10-4-2-1-3-5-10/h1-7,9,14-16,29H,8,27H2,(H,28,30)(H,31,32)/t14-,15+,16+/m1/s1. The number of nitrogens with one attached hydrogen (secondary N) is 1. The van der Waals surface area contributed by atoms with Gasteiger partial charge < -0.3 is 21.3 Å². The largest absolute Gasteiger partial charge is 0.479 e. The van der Waals surface area contributed by atoms with Crippen molar-refractivity contribution in [1.82, 2.24) is 5.32 Å². The number of carboxylic acids is 1. The minimum Gasteiger partial charge on any atom is -0.479 e. The van der Waals surface area contributed by atoms with Crippen molar-refractivity contribution < 1.29 is 46.1 Å². The summed E-state index contributed by atoms with van der Waals surface area (Å²) in [6, 6.07) is 4.69. The number of halogens is 6. The van der Waals surface area contributed by atoms with Crippen LogP contribution in [0, 0.1) is 0 Å². The highest BCUT2D eigenvalue weighted by Gasteiger charge is 2.41. The summed E-state index contributed by atoms with van der Waals surface area (Å²) in [4.78, 5) is 23.9. The second-order valence-electron chi connectivity index (χ2n) is 6.88. The van der Waals surface area contributed by atoms with Gasteiger partial charge in [0.1, 0.15) is 6.10 Å². The number of rotatable bonds is 7. The highest BCUT2D eigenvalue weighted by Crippen LogP contribution is 2.38. The van der Waals surface area contributed by atoms with E-state index >= 15 is 0 Å². The Kier molecular flexibility index (Phi) is 7.52. The summed E-state index contributed by atoms with van der Waals surface area (Å²) >= 11 is 0. The Balaban J connectivity index is 2.35. The van der Waals surface area contributed by atoms with Crippen molar-refractivity contribution in [2.75, 3.05) is 0 Å². The van der Waals surface area contributed by atoms with Crippen LogP contribution in [0.5, 0.6) is 0 Å². The molecule has 3 atom stereocenters. The van der Waals surface area contributed by atoms with Crippen molar-refractivity contribution in [1.29, 1.82) is 0 Å². The molecule has 0 spiro atoms. The smallest absolute Gasteiger partial charge is 0.416 e. The van der Waals surface area contributed by atoms with Crippen LogP contribution in [0.4, 0.5) is 26.3 Å². The van der Waals surface area contributed by atoms with E-state index in [1.807, 2.05) is 0 Å². The van der Waals surface area contributed by atoms with Crippen molar-refractivity contribution in [3.63, 3.8) is 0 Å². The molecule has 0 bridgehead atoms. The highest BCUT2D eigenvalue weighted by atomic mass is 19.4. The lowest BCUT2D eigenvalue weighted by Gasteiger charge is -2.24. The molecule has 2 aromatic rings. The molecular weight excluding hydrogens is 446 g/mol. The van der Waals surface area contributed by atoms with Gasteiger partial charge in [0.25, 0.3) is 5.91 Å². The summed E-state index contributed by atoms with van der Waals surface area (Å²) in [5, 5.41) is 21.1. The van der Waals surface area contributed by atoms with Crippen molar-refractivity contribution in [3.05, 3.63) is 70.8 Å². The van der Waals surface area contributed by atoms with Gasteiger partial charge in [-0.2, -0.15) is 26.3 Å². The number of aliphatic carboxylic acids is 1. The number of amides is 1. The fraction of sp³-hybridized carbons (Fsp3) is 0.300. The summed E-state index contributed by atoms with van der Waals surface area (Å²) < 4.78 is 78.9. The first-order chi connectivity index (χ1) is 14.7. The molecule has 0 aliphatic heterocycles. The number of hydrogen-bond donors (Lipinski definition) is 4. The van der Waals surface area contributed by atoms with E-state index in [2.05, 4.69) is 0 Å². The van der Waals surface area contributed by atoms with Gasteiger partial charge in [0.05, 0.1) is 11.1 Å². The number of benzene rings is 2. The average molecular weight is 464 g/mol. The fourth-order valence-electron chi connectivity index (χ4n) is 2.93. The highest BCUT2D eigenvalue weighted by molar-refractivity contribution is 5.87. The van der Waals surface area contributed by atoms with Crippen LogP contribution in [0.1, 0.15) is 28.3 Å². The first-order valence-electron chi connectivity index (χ1n) is 9.01. The zero-order chi connectivity index (χ0) is 24.3. The Morgan fingerprint density at radius 3 is 2.06 bits per heavy atom. The molecule has 0 heterocycles. The van der Waals surface area contributed by atoms with Crippen LogP contribution in [-0.4, -0.2) is 34.2 Å². The Hall–Kier alpha value is -3.12. The van der Waals surface area contributed by atoms with Crippen molar-refractivity contribution in [2.24, 2.45) is 5.73 Å². The molecular formula is C20H18F6N2O4. The Morgan fingerprint density at radius 2 is 1.56 bits per heavy atom. The average Bonchev–Trinajstić information content (AvgIpc) is 2.70. The number of carbonyl (C=O) groups excluding carboxylic acids is 1. The first kappa shape index (κ1) is 25.1. The van der Waals surface area contributed by atoms with Crippen molar-refractivity contribution in [3.8, 4) is 0 Å². The van der Waals surface area contributed by atoms with Gasteiger partial charge in [-0.05, 0) is 35.7 Å². The van der Waals surface area contributed by atoms with E-state index < -0.39 is 59.1 Å². The van der Waals surface area contributed by atoms with Gasteiger partial charge in [-0.25, -0.2) is 4.79 Å². The zero-order valence-electron chi connectivity index (χ0n) is 16.1. The maximum absolute atomic E-state index is 13.3. The van der Waals surface area contributed by atoms with Gasteiger partial charge in [-0.15, -0.1) is 0 Å². The molecule has 1 amide bonds. The SMILES string of the molecule is N[C@H](Cc1ccccc1)[C@H](O)C(=O)N[C@H](C(=O)O)c1cc(C(F)(F)F)ccc1C(F)(F)F. The third-order valence-electron chi connectivity index (χ3n) is 4.52. The Labute approximate surface area is 177 Å². The van der Waals surface area contributed by atoms with E-state index in [0.717, 1.165) is 0 Å². The van der Waals surface area contributed by atoms with E-state index in [0.29, 0.717) is 5.56 Å². The molecule has 2 aromatic carbocycles. The number of hydrogen-bond acceptors (Lipinski definition) is 4. The van der Waals surface area contributed by atoms with Gasteiger partial charge in [-0.1, -0.05) is 30.3 Å². The Bertz CT molecular complexity index is 963. The molecule has 0 aliphatic rings. The number of aliphatic hydroxyl groups excluding tert-OH is 1. The summed E-state index contributed by atoms with van der Waals surface area (Å²) in [5.41, 5.74) is 1.79. The van der Waals surface area contributed by atoms with Gasteiger partial charge in [0.2, 0.25) is 0 Å². The lowest BCUT2D eigenvalue weighted by molar-refractivity contribution is -0.147. The summed E-state index contributed by atoms with van der Waals surface area (Å²) in [6.07, 6.45) is -12.4. The third-order valence-corrected chi connectivity index (χ3v) is 4.52. The quantitative estimate of drug-likeness (QED) is 0.471. The van der Waals surface area contributed by atoms with E-state index in [-0.39, 0.29) is 24.6 Å². The van der Waals surface area contributed by atoms with E-state index in [9.17, 15) is 46.1 Å². The predicted molar refractivity (Wildman–Crippen MR) is 99.1 cm³/mol. The van der Waals surface area contributed by atoms with Crippen LogP contribution in [0.15, 0.2) is 48.5 Å². The number of carboxylic acid groups (broad SMARTS) is 1. The van der Waals surface area contributed by atoms with E-state index in [1.54, 1.807) is 35.6 Å². The monoisotopic (exact) mass is 464 g/mol. The second-order valence-corrected chi connectivity index (χ2v) is 6.88. The zero-order valence-corrected chi connectivity index (χ0v) is 16.1. The normalized spacial score (nSPS) is 15.0. The molecule has 5 N–H and O–H groups in total. The Morgan fingerprint density at radius 1 is 0.969 bits per heavy atom. The molecule has 0 aromatic heterocycles. The molecule has 0 saturated carbocycles. The summed E-state index contributed by atoms with van der Waals surface area (Å²) in [7, 11) is 0. The number of alkyl halides is 6. The van der Waals surface area contributed by atoms with Crippen LogP contribution in [-0.2, 0) is 28.4 Å². The summed E-state index contributed by atoms with van der Waals surface area (Å²) in [6.45, 7) is 0. The molecule has 12 heteroatoms. The van der Waals surface area contributed by atoms with Crippen LogP contribution in [0.2, 0.25) is 0 Å². The third kappa shape index (κ3) is 6.20. The molecule has 0 aliphatic carbocycles. The molecule has 0 radical (unpaired) electrons. The van der Waals surface area contributed by atoms with Crippen LogP contribution in [0.25, 0.3) is 0 Å². The van der Waals surface area contributed by atoms with Crippen LogP contribution in [0.3, 0.4) is 0 Å².